The first kappa shape index (κ1) is 15.4. The van der Waals surface area contributed by atoms with Crippen LogP contribution in [0.5, 0.6) is 0 Å². The normalized spacial score (nSPS) is 26.6. The molecule has 0 amide bonds. The van der Waals surface area contributed by atoms with Crippen molar-refractivity contribution in [3.8, 4) is 0 Å². The smallest absolute Gasteiger partial charge is 0.00406 e. The molecule has 1 aliphatic carbocycles. The molecule has 1 saturated carbocycles. The molecule has 2 atom stereocenters. The van der Waals surface area contributed by atoms with Gasteiger partial charge in [0.1, 0.15) is 0 Å². The molecule has 0 nitrogen and oxygen atoms in total. The first-order chi connectivity index (χ1) is 9.38. The zero-order chi connectivity index (χ0) is 14.9. The lowest BCUT2D eigenvalue weighted by Crippen LogP contribution is -2.05. The van der Waals surface area contributed by atoms with Crippen LogP contribution in [-0.2, 0) is 5.41 Å². The topological polar surface area (TPSA) is 0 Å². The molecule has 110 valence electrons. The highest BCUT2D eigenvalue weighted by molar-refractivity contribution is 5.36. The standard InChI is InChI=1S/C20H30/c1-7-15(4)16(5)12-19-13-20(19,6)18-10-8-17(9-11-18)14(2)3/h8-11,14,19H,7,12-13H2,1-6H3. The van der Waals surface area contributed by atoms with E-state index in [4.69, 9.17) is 0 Å². The third-order valence-electron chi connectivity index (χ3n) is 5.46. The summed E-state index contributed by atoms with van der Waals surface area (Å²) < 4.78 is 0. The van der Waals surface area contributed by atoms with Crippen LogP contribution >= 0.6 is 0 Å². The summed E-state index contributed by atoms with van der Waals surface area (Å²) in [7, 11) is 0. The zero-order valence-corrected chi connectivity index (χ0v) is 14.1. The van der Waals surface area contributed by atoms with Crippen molar-refractivity contribution in [2.24, 2.45) is 5.92 Å². The Labute approximate surface area is 125 Å². The van der Waals surface area contributed by atoms with E-state index in [1.54, 1.807) is 11.1 Å². The van der Waals surface area contributed by atoms with Gasteiger partial charge in [-0.05, 0) is 61.5 Å². The number of allylic oxidation sites excluding steroid dienone is 2. The van der Waals surface area contributed by atoms with Crippen molar-refractivity contribution in [2.75, 3.05) is 0 Å². The van der Waals surface area contributed by atoms with Crippen molar-refractivity contribution >= 4 is 0 Å². The lowest BCUT2D eigenvalue weighted by molar-refractivity contribution is 0.648. The van der Waals surface area contributed by atoms with Crippen LogP contribution in [0, 0.1) is 5.92 Å². The summed E-state index contributed by atoms with van der Waals surface area (Å²) >= 11 is 0. The number of hydrogen-bond acceptors (Lipinski definition) is 0. The number of rotatable bonds is 5. The fourth-order valence-corrected chi connectivity index (χ4v) is 3.20. The van der Waals surface area contributed by atoms with Crippen LogP contribution in [0.15, 0.2) is 35.4 Å². The quantitative estimate of drug-likeness (QED) is 0.557. The van der Waals surface area contributed by atoms with Gasteiger partial charge in [-0.1, -0.05) is 63.1 Å². The minimum Gasteiger partial charge on any atom is -0.0747 e. The predicted octanol–water partition coefficient (Wildman–Crippen LogP) is 6.22. The molecule has 20 heavy (non-hydrogen) atoms. The number of hydrogen-bond donors (Lipinski definition) is 0. The Morgan fingerprint density at radius 3 is 2.25 bits per heavy atom. The molecular weight excluding hydrogens is 240 g/mol. The summed E-state index contributed by atoms with van der Waals surface area (Å²) in [5.41, 5.74) is 6.60. The van der Waals surface area contributed by atoms with Crippen LogP contribution in [0.2, 0.25) is 0 Å². The summed E-state index contributed by atoms with van der Waals surface area (Å²) in [6.07, 6.45) is 3.82. The van der Waals surface area contributed by atoms with Gasteiger partial charge in [0.2, 0.25) is 0 Å². The maximum absolute atomic E-state index is 2.44. The molecule has 0 saturated heterocycles. The monoisotopic (exact) mass is 270 g/mol. The molecule has 1 fully saturated rings. The highest BCUT2D eigenvalue weighted by atomic mass is 14.5. The molecule has 2 rings (SSSR count). The first-order valence-electron chi connectivity index (χ1n) is 8.14. The largest absolute Gasteiger partial charge is 0.0747 e. The van der Waals surface area contributed by atoms with E-state index >= 15 is 0 Å². The highest BCUT2D eigenvalue weighted by Crippen LogP contribution is 2.56. The second kappa shape index (κ2) is 5.76. The fraction of sp³-hybridized carbons (Fsp3) is 0.600. The van der Waals surface area contributed by atoms with E-state index in [1.165, 1.54) is 30.4 Å². The SMILES string of the molecule is CCC(C)=C(C)CC1CC1(C)c1ccc(C(C)C)cc1. The van der Waals surface area contributed by atoms with Gasteiger partial charge in [0.15, 0.2) is 0 Å². The first-order valence-corrected chi connectivity index (χ1v) is 8.14. The van der Waals surface area contributed by atoms with E-state index < -0.39 is 0 Å². The van der Waals surface area contributed by atoms with Gasteiger partial charge >= 0.3 is 0 Å². The van der Waals surface area contributed by atoms with Gasteiger partial charge in [-0.15, -0.1) is 0 Å². The molecule has 0 N–H and O–H groups in total. The van der Waals surface area contributed by atoms with Gasteiger partial charge in [-0.2, -0.15) is 0 Å². The van der Waals surface area contributed by atoms with Gasteiger partial charge in [0.05, 0.1) is 0 Å². The summed E-state index contributed by atoms with van der Waals surface area (Å²) in [5, 5.41) is 0. The van der Waals surface area contributed by atoms with Crippen molar-refractivity contribution in [1.29, 1.82) is 0 Å². The summed E-state index contributed by atoms with van der Waals surface area (Å²) in [6.45, 7) is 13.8. The van der Waals surface area contributed by atoms with Crippen LogP contribution < -0.4 is 0 Å². The van der Waals surface area contributed by atoms with Crippen LogP contribution in [0.4, 0.5) is 0 Å². The maximum atomic E-state index is 2.44. The fourth-order valence-electron chi connectivity index (χ4n) is 3.20. The van der Waals surface area contributed by atoms with Crippen molar-refractivity contribution in [3.05, 3.63) is 46.5 Å². The van der Waals surface area contributed by atoms with Crippen LogP contribution in [0.25, 0.3) is 0 Å². The van der Waals surface area contributed by atoms with Crippen molar-refractivity contribution in [1.82, 2.24) is 0 Å². The molecule has 0 spiro atoms. The second-order valence-corrected chi connectivity index (χ2v) is 7.21. The van der Waals surface area contributed by atoms with Crippen LogP contribution in [-0.4, -0.2) is 0 Å². The average Bonchev–Trinajstić information content (AvgIpc) is 3.09. The maximum Gasteiger partial charge on any atom is -0.00406 e. The van der Waals surface area contributed by atoms with E-state index in [0.717, 1.165) is 5.92 Å². The molecule has 1 aliphatic rings. The van der Waals surface area contributed by atoms with Gasteiger partial charge in [0, 0.05) is 0 Å². The number of benzene rings is 1. The molecule has 0 bridgehead atoms. The molecular formula is C20H30. The third kappa shape index (κ3) is 3.00. The second-order valence-electron chi connectivity index (χ2n) is 7.21. The van der Waals surface area contributed by atoms with E-state index in [9.17, 15) is 0 Å². The van der Waals surface area contributed by atoms with Crippen molar-refractivity contribution < 1.29 is 0 Å². The molecule has 0 radical (unpaired) electrons. The molecule has 0 aliphatic heterocycles. The van der Waals surface area contributed by atoms with Crippen LogP contribution in [0.3, 0.4) is 0 Å². The minimum absolute atomic E-state index is 0.421. The van der Waals surface area contributed by atoms with E-state index in [0.29, 0.717) is 11.3 Å². The average molecular weight is 270 g/mol. The van der Waals surface area contributed by atoms with Crippen LogP contribution in [0.1, 0.15) is 77.8 Å². The zero-order valence-electron chi connectivity index (χ0n) is 14.1. The van der Waals surface area contributed by atoms with E-state index in [-0.39, 0.29) is 0 Å². The lowest BCUT2D eigenvalue weighted by Gasteiger charge is -2.15. The molecule has 0 heterocycles. The Bertz CT molecular complexity index is 489. The summed E-state index contributed by atoms with van der Waals surface area (Å²) in [5.74, 6) is 1.47. The molecule has 2 unspecified atom stereocenters. The molecule has 0 heteroatoms. The van der Waals surface area contributed by atoms with E-state index in [2.05, 4.69) is 65.8 Å². The Morgan fingerprint density at radius 2 is 1.75 bits per heavy atom. The van der Waals surface area contributed by atoms with Gasteiger partial charge in [-0.3, -0.25) is 0 Å². The third-order valence-corrected chi connectivity index (χ3v) is 5.46. The predicted molar refractivity (Wildman–Crippen MR) is 89.3 cm³/mol. The molecule has 1 aromatic rings. The minimum atomic E-state index is 0.421. The van der Waals surface area contributed by atoms with Gasteiger partial charge in [-0.25, -0.2) is 0 Å². The summed E-state index contributed by atoms with van der Waals surface area (Å²) in [4.78, 5) is 0. The lowest BCUT2D eigenvalue weighted by atomic mass is 9.90. The molecule has 0 aromatic heterocycles. The summed E-state index contributed by atoms with van der Waals surface area (Å²) in [6, 6.07) is 9.36. The molecule has 1 aromatic carbocycles. The highest BCUT2D eigenvalue weighted by Gasteiger charge is 2.50. The van der Waals surface area contributed by atoms with E-state index in [1.807, 2.05) is 0 Å². The Hall–Kier alpha value is -1.04. The Kier molecular flexibility index (Phi) is 4.42. The van der Waals surface area contributed by atoms with Gasteiger partial charge in [0.25, 0.3) is 0 Å². The van der Waals surface area contributed by atoms with Gasteiger partial charge < -0.3 is 0 Å². The van der Waals surface area contributed by atoms with Crippen molar-refractivity contribution in [2.45, 2.75) is 72.1 Å². The van der Waals surface area contributed by atoms with Crippen molar-refractivity contribution in [3.63, 3.8) is 0 Å². The Morgan fingerprint density at radius 1 is 1.15 bits per heavy atom. The Balaban J connectivity index is 2.07.